The van der Waals surface area contributed by atoms with Crippen molar-refractivity contribution in [2.45, 2.75) is 13.8 Å². The molecular weight excluding hydrogens is 395 g/mol. The van der Waals surface area contributed by atoms with Crippen molar-refractivity contribution >= 4 is 39.9 Å². The van der Waals surface area contributed by atoms with Gasteiger partial charge in [-0.05, 0) is 43.7 Å². The van der Waals surface area contributed by atoms with Crippen LogP contribution < -0.4 is 0 Å². The molecule has 0 bridgehead atoms. The van der Waals surface area contributed by atoms with Crippen LogP contribution in [0, 0.1) is 13.8 Å². The van der Waals surface area contributed by atoms with Gasteiger partial charge in [0.15, 0.2) is 17.1 Å². The Hall–Kier alpha value is -2.96. The van der Waals surface area contributed by atoms with Gasteiger partial charge in [-0.25, -0.2) is 9.67 Å². The van der Waals surface area contributed by atoms with Crippen molar-refractivity contribution in [2.75, 3.05) is 0 Å². The number of aryl methyl sites for hydroxylation is 2. The highest BCUT2D eigenvalue weighted by Gasteiger charge is 2.16. The van der Waals surface area contributed by atoms with Gasteiger partial charge < -0.3 is 0 Å². The molecule has 0 atom stereocenters. The number of fused-ring (bicyclic) bond motifs is 3. The van der Waals surface area contributed by atoms with Gasteiger partial charge in [0.1, 0.15) is 6.33 Å². The first-order valence-electron chi connectivity index (χ1n) is 8.63. The van der Waals surface area contributed by atoms with Gasteiger partial charge in [-0.2, -0.15) is 5.10 Å². The van der Waals surface area contributed by atoms with Crippen LogP contribution in [-0.4, -0.2) is 29.4 Å². The molecule has 3 heterocycles. The maximum atomic E-state index is 6.16. The van der Waals surface area contributed by atoms with E-state index in [0.717, 1.165) is 27.8 Å². The summed E-state index contributed by atoms with van der Waals surface area (Å²) in [6, 6.07) is 11.6. The van der Waals surface area contributed by atoms with E-state index < -0.39 is 0 Å². The summed E-state index contributed by atoms with van der Waals surface area (Å²) in [6.45, 7) is 4.13. The Morgan fingerprint density at radius 1 is 0.893 bits per heavy atom. The van der Waals surface area contributed by atoms with E-state index in [1.165, 1.54) is 5.56 Å². The highest BCUT2D eigenvalue weighted by atomic mass is 35.5. The van der Waals surface area contributed by atoms with Crippen LogP contribution in [0.5, 0.6) is 0 Å². The summed E-state index contributed by atoms with van der Waals surface area (Å²) in [7, 11) is 0. The lowest BCUT2D eigenvalue weighted by Crippen LogP contribution is -2.01. The van der Waals surface area contributed by atoms with Crippen molar-refractivity contribution in [3.8, 4) is 17.1 Å². The highest BCUT2D eigenvalue weighted by Crippen LogP contribution is 2.29. The lowest BCUT2D eigenvalue weighted by Gasteiger charge is -2.08. The lowest BCUT2D eigenvalue weighted by atomic mass is 10.1. The molecule has 5 aromatic rings. The molecule has 0 radical (unpaired) electrons. The molecule has 0 fully saturated rings. The van der Waals surface area contributed by atoms with Crippen LogP contribution >= 0.6 is 23.2 Å². The number of halogens is 2. The summed E-state index contributed by atoms with van der Waals surface area (Å²) in [6.07, 6.45) is 3.47. The fourth-order valence-electron chi connectivity index (χ4n) is 3.37. The van der Waals surface area contributed by atoms with Crippen molar-refractivity contribution in [1.82, 2.24) is 29.4 Å². The van der Waals surface area contributed by atoms with E-state index in [-0.39, 0.29) is 0 Å². The van der Waals surface area contributed by atoms with Crippen molar-refractivity contribution in [3.63, 3.8) is 0 Å². The molecule has 138 valence electrons. The number of nitrogens with zero attached hydrogens (tertiary/aromatic N) is 6. The van der Waals surface area contributed by atoms with E-state index >= 15 is 0 Å². The Labute approximate surface area is 170 Å². The molecule has 0 aliphatic heterocycles. The smallest absolute Gasteiger partial charge is 0.175 e. The van der Waals surface area contributed by atoms with Crippen molar-refractivity contribution in [3.05, 3.63) is 70.1 Å². The second kappa shape index (κ2) is 6.29. The lowest BCUT2D eigenvalue weighted by molar-refractivity contribution is 0.885. The van der Waals surface area contributed by atoms with E-state index in [4.69, 9.17) is 23.2 Å². The fourth-order valence-corrected chi connectivity index (χ4v) is 3.67. The molecule has 2 aromatic carbocycles. The molecule has 28 heavy (non-hydrogen) atoms. The van der Waals surface area contributed by atoms with Gasteiger partial charge in [-0.3, -0.25) is 4.40 Å². The molecule has 0 saturated heterocycles. The number of benzene rings is 2. The first-order chi connectivity index (χ1) is 13.5. The summed E-state index contributed by atoms with van der Waals surface area (Å²) in [4.78, 5) is 4.63. The zero-order valence-electron chi connectivity index (χ0n) is 15.1. The van der Waals surface area contributed by atoms with Crippen molar-refractivity contribution in [2.24, 2.45) is 0 Å². The zero-order chi connectivity index (χ0) is 19.4. The predicted octanol–water partition coefficient (Wildman–Crippen LogP) is 5.05. The molecule has 5 rings (SSSR count). The third-order valence-corrected chi connectivity index (χ3v) is 5.47. The van der Waals surface area contributed by atoms with Crippen LogP contribution in [-0.2, 0) is 0 Å². The molecule has 8 heteroatoms. The number of hydrogen-bond acceptors (Lipinski definition) is 4. The van der Waals surface area contributed by atoms with Crippen LogP contribution in [0.4, 0.5) is 0 Å². The van der Waals surface area contributed by atoms with Crippen LogP contribution in [0.25, 0.3) is 33.8 Å². The Morgan fingerprint density at radius 3 is 2.54 bits per heavy atom. The van der Waals surface area contributed by atoms with E-state index in [1.54, 1.807) is 24.7 Å². The summed E-state index contributed by atoms with van der Waals surface area (Å²) < 4.78 is 3.66. The Morgan fingerprint density at radius 2 is 1.75 bits per heavy atom. The number of hydrogen-bond donors (Lipinski definition) is 0. The summed E-state index contributed by atoms with van der Waals surface area (Å²) >= 11 is 12.2. The normalized spacial score (nSPS) is 11.6. The molecular formula is C20H14Cl2N6. The molecule has 0 amide bonds. The fraction of sp³-hybridized carbons (Fsp3) is 0.100. The summed E-state index contributed by atoms with van der Waals surface area (Å²) in [5.74, 6) is 0.641. The van der Waals surface area contributed by atoms with E-state index in [1.807, 2.05) is 21.2 Å². The largest absolute Gasteiger partial charge is 0.265 e. The van der Waals surface area contributed by atoms with Crippen LogP contribution in [0.2, 0.25) is 10.0 Å². The molecule has 3 aromatic heterocycles. The van der Waals surface area contributed by atoms with Gasteiger partial charge in [-0.1, -0.05) is 40.9 Å². The minimum Gasteiger partial charge on any atom is -0.265 e. The monoisotopic (exact) mass is 408 g/mol. The Kier molecular flexibility index (Phi) is 3.86. The third-order valence-electron chi connectivity index (χ3n) is 4.73. The minimum atomic E-state index is 0.465. The average Bonchev–Trinajstić information content (AvgIpc) is 3.28. The predicted molar refractivity (Wildman–Crippen MR) is 110 cm³/mol. The first-order valence-corrected chi connectivity index (χ1v) is 9.39. The van der Waals surface area contributed by atoms with Gasteiger partial charge in [0.25, 0.3) is 0 Å². The van der Waals surface area contributed by atoms with Crippen molar-refractivity contribution < 1.29 is 0 Å². The highest BCUT2D eigenvalue weighted by molar-refractivity contribution is 6.42. The van der Waals surface area contributed by atoms with Gasteiger partial charge in [0.05, 0.1) is 27.3 Å². The van der Waals surface area contributed by atoms with Gasteiger partial charge >= 0.3 is 0 Å². The van der Waals surface area contributed by atoms with Gasteiger partial charge in [0.2, 0.25) is 0 Å². The topological polar surface area (TPSA) is 60.9 Å². The molecule has 0 unspecified atom stereocenters. The maximum Gasteiger partial charge on any atom is 0.175 e. The second-order valence-electron chi connectivity index (χ2n) is 6.67. The summed E-state index contributed by atoms with van der Waals surface area (Å²) in [5.41, 5.74) is 5.54. The number of rotatable bonds is 2. The standard InChI is InChI=1S/C20H14Cl2N6/c1-11-3-6-17(12(2)7-11)28-19-14(9-24-28)20-26-25-18(27(20)10-23-19)13-4-5-15(21)16(22)8-13/h3-10H,1-2H3. The summed E-state index contributed by atoms with van der Waals surface area (Å²) in [5, 5.41) is 15.0. The van der Waals surface area contributed by atoms with E-state index in [0.29, 0.717) is 21.5 Å². The first kappa shape index (κ1) is 17.2. The van der Waals surface area contributed by atoms with Crippen LogP contribution in [0.1, 0.15) is 11.1 Å². The Bertz CT molecular complexity index is 1370. The Balaban J connectivity index is 1.71. The molecule has 0 aliphatic carbocycles. The molecule has 0 aliphatic rings. The van der Waals surface area contributed by atoms with Crippen LogP contribution in [0.15, 0.2) is 48.9 Å². The quantitative estimate of drug-likeness (QED) is 0.409. The van der Waals surface area contributed by atoms with E-state index in [2.05, 4.69) is 46.3 Å². The average molecular weight is 409 g/mol. The molecule has 0 N–H and O–H groups in total. The third kappa shape index (κ3) is 2.57. The van der Waals surface area contributed by atoms with Crippen LogP contribution in [0.3, 0.4) is 0 Å². The molecule has 0 spiro atoms. The SMILES string of the molecule is Cc1ccc(-n2ncc3c2ncn2c(-c4ccc(Cl)c(Cl)c4)nnc32)c(C)c1. The maximum absolute atomic E-state index is 6.16. The minimum absolute atomic E-state index is 0.465. The van der Waals surface area contributed by atoms with E-state index in [9.17, 15) is 0 Å². The number of aromatic nitrogens is 6. The molecule has 0 saturated carbocycles. The zero-order valence-corrected chi connectivity index (χ0v) is 16.6. The molecule has 6 nitrogen and oxygen atoms in total. The second-order valence-corrected chi connectivity index (χ2v) is 7.49. The van der Waals surface area contributed by atoms with Crippen molar-refractivity contribution in [1.29, 1.82) is 0 Å². The van der Waals surface area contributed by atoms with Gasteiger partial charge in [-0.15, -0.1) is 10.2 Å². The van der Waals surface area contributed by atoms with Gasteiger partial charge in [0, 0.05) is 5.56 Å².